The lowest BCUT2D eigenvalue weighted by Gasteiger charge is -2.32. The lowest BCUT2D eigenvalue weighted by Crippen LogP contribution is -2.56. The van der Waals surface area contributed by atoms with Crippen LogP contribution in [-0.4, -0.2) is 46.5 Å². The van der Waals surface area contributed by atoms with Gasteiger partial charge in [0.15, 0.2) is 0 Å². The van der Waals surface area contributed by atoms with Crippen LogP contribution in [0.4, 0.5) is 0 Å². The van der Waals surface area contributed by atoms with Gasteiger partial charge in [-0.15, -0.1) is 0 Å². The average molecular weight is 149 g/mol. The smallest absolute Gasteiger partial charge is 0.134 e. The van der Waals surface area contributed by atoms with Crippen molar-refractivity contribution in [3.8, 4) is 0 Å². The van der Waals surface area contributed by atoms with E-state index in [0.717, 1.165) is 0 Å². The molecule has 0 aromatic carbocycles. The first kappa shape index (κ1) is 7.90. The van der Waals surface area contributed by atoms with Crippen molar-refractivity contribution < 1.29 is 20.1 Å². The largest absolute Gasteiger partial charge is 0.388 e. The minimum Gasteiger partial charge on any atom is -0.388 e. The summed E-state index contributed by atoms with van der Waals surface area (Å²) in [4.78, 5) is 0. The van der Waals surface area contributed by atoms with Gasteiger partial charge in [-0.2, -0.15) is 0 Å². The molecule has 60 valence electrons. The number of nitrogens with two attached hydrogens (primary N) is 1. The van der Waals surface area contributed by atoms with Crippen molar-refractivity contribution in [2.45, 2.75) is 24.5 Å². The van der Waals surface area contributed by atoms with E-state index in [1.807, 2.05) is 0 Å². The topological polar surface area (TPSA) is 95.9 Å². The summed E-state index contributed by atoms with van der Waals surface area (Å²) in [7, 11) is 0. The number of ether oxygens (including phenoxy) is 1. The van der Waals surface area contributed by atoms with E-state index in [4.69, 9.17) is 25.8 Å². The van der Waals surface area contributed by atoms with Gasteiger partial charge in [-0.25, -0.2) is 0 Å². The first-order valence-electron chi connectivity index (χ1n) is 3.04. The molecule has 0 saturated carbocycles. The number of hydrogen-bond acceptors (Lipinski definition) is 5. The van der Waals surface area contributed by atoms with Crippen molar-refractivity contribution in [1.29, 1.82) is 0 Å². The Kier molecular flexibility index (Phi) is 2.22. The van der Waals surface area contributed by atoms with Gasteiger partial charge in [-0.05, 0) is 0 Å². The lowest BCUT2D eigenvalue weighted by molar-refractivity contribution is -0.184. The zero-order valence-electron chi connectivity index (χ0n) is 5.34. The predicted molar refractivity (Wildman–Crippen MR) is 31.9 cm³/mol. The van der Waals surface area contributed by atoms with Gasteiger partial charge in [0.1, 0.15) is 24.5 Å². The van der Waals surface area contributed by atoms with Crippen molar-refractivity contribution in [1.82, 2.24) is 0 Å². The monoisotopic (exact) mass is 149 g/mol. The molecule has 0 spiro atoms. The minimum atomic E-state index is -1.19. The second-order valence-corrected chi connectivity index (χ2v) is 2.35. The molecule has 0 aromatic heterocycles. The highest BCUT2D eigenvalue weighted by Crippen LogP contribution is 2.11. The third-order valence-corrected chi connectivity index (χ3v) is 1.54. The lowest BCUT2D eigenvalue weighted by atomic mass is 10.1. The van der Waals surface area contributed by atoms with E-state index in [0.29, 0.717) is 0 Å². The molecule has 0 aromatic rings. The Balaban J connectivity index is 2.52. The summed E-state index contributed by atoms with van der Waals surface area (Å²) in [6, 6.07) is 0. The van der Waals surface area contributed by atoms with Crippen molar-refractivity contribution >= 4 is 0 Å². The van der Waals surface area contributed by atoms with Gasteiger partial charge in [-0.3, -0.25) is 0 Å². The summed E-state index contributed by atoms with van der Waals surface area (Å²) in [5, 5.41) is 26.8. The van der Waals surface area contributed by atoms with Gasteiger partial charge in [0.25, 0.3) is 0 Å². The van der Waals surface area contributed by atoms with Gasteiger partial charge >= 0.3 is 0 Å². The summed E-state index contributed by atoms with van der Waals surface area (Å²) in [6.07, 6.45) is -4.30. The fourth-order valence-electron chi connectivity index (χ4n) is 0.829. The Bertz CT molecular complexity index is 106. The molecule has 5 nitrogen and oxygen atoms in total. The molecule has 4 atom stereocenters. The van der Waals surface area contributed by atoms with Crippen LogP contribution in [0.3, 0.4) is 0 Å². The molecule has 1 fully saturated rings. The Hall–Kier alpha value is -0.200. The van der Waals surface area contributed by atoms with E-state index in [9.17, 15) is 0 Å². The van der Waals surface area contributed by atoms with Crippen molar-refractivity contribution in [3.05, 3.63) is 0 Å². The Morgan fingerprint density at radius 1 is 1.20 bits per heavy atom. The third-order valence-electron chi connectivity index (χ3n) is 1.54. The fraction of sp³-hybridized carbons (Fsp3) is 1.00. The standard InChI is InChI=1S/C5H11NO4/c6-5-4(9)3(8)2(7)1-10-5/h2-5,7-9H,1,6H2/t2-,3+,4+,5-/m1/s1. The van der Waals surface area contributed by atoms with Crippen molar-refractivity contribution in [2.75, 3.05) is 6.61 Å². The predicted octanol–water partition coefficient (Wildman–Crippen LogP) is -2.62. The van der Waals surface area contributed by atoms with Crippen LogP contribution in [0.25, 0.3) is 0 Å². The third kappa shape index (κ3) is 1.28. The normalized spacial score (nSPS) is 49.2. The molecule has 0 amide bonds. The van der Waals surface area contributed by atoms with E-state index in [-0.39, 0.29) is 6.61 Å². The average Bonchev–Trinajstić information content (AvgIpc) is 1.93. The van der Waals surface area contributed by atoms with Crippen LogP contribution < -0.4 is 5.73 Å². The first-order valence-corrected chi connectivity index (χ1v) is 3.04. The molecule has 0 bridgehead atoms. The molecular weight excluding hydrogens is 138 g/mol. The maximum absolute atomic E-state index is 8.96. The highest BCUT2D eigenvalue weighted by atomic mass is 16.5. The van der Waals surface area contributed by atoms with Crippen molar-refractivity contribution in [2.24, 2.45) is 5.73 Å². The molecule has 0 unspecified atom stereocenters. The molecular formula is C5H11NO4. The minimum absolute atomic E-state index is 0.0284. The fourth-order valence-corrected chi connectivity index (χ4v) is 0.829. The number of rotatable bonds is 0. The molecule has 5 heteroatoms. The summed E-state index contributed by atoms with van der Waals surface area (Å²) < 4.78 is 4.69. The SMILES string of the molecule is N[C@@H]1OC[C@@H](O)[C@H](O)[C@@H]1O. The number of aliphatic hydroxyl groups excluding tert-OH is 3. The van der Waals surface area contributed by atoms with Crippen LogP contribution >= 0.6 is 0 Å². The molecule has 1 rings (SSSR count). The summed E-state index contributed by atoms with van der Waals surface area (Å²) in [5.41, 5.74) is 5.19. The molecule has 10 heavy (non-hydrogen) atoms. The highest BCUT2D eigenvalue weighted by molar-refractivity contribution is 4.83. The number of hydrogen-bond donors (Lipinski definition) is 4. The van der Waals surface area contributed by atoms with Crippen LogP contribution in [-0.2, 0) is 4.74 Å². The van der Waals surface area contributed by atoms with Gasteiger partial charge in [-0.1, -0.05) is 0 Å². The van der Waals surface area contributed by atoms with Crippen molar-refractivity contribution in [3.63, 3.8) is 0 Å². The van der Waals surface area contributed by atoms with Gasteiger partial charge in [0.05, 0.1) is 6.61 Å². The van der Waals surface area contributed by atoms with Crippen LogP contribution in [0.5, 0.6) is 0 Å². The Morgan fingerprint density at radius 2 is 1.80 bits per heavy atom. The maximum Gasteiger partial charge on any atom is 0.134 e. The Morgan fingerprint density at radius 3 is 2.30 bits per heavy atom. The summed E-state index contributed by atoms with van der Waals surface area (Å²) in [5.74, 6) is 0. The van der Waals surface area contributed by atoms with E-state index >= 15 is 0 Å². The van der Waals surface area contributed by atoms with Crippen LogP contribution in [0.1, 0.15) is 0 Å². The Labute approximate surface area is 58.0 Å². The second kappa shape index (κ2) is 2.81. The zero-order chi connectivity index (χ0) is 7.72. The highest BCUT2D eigenvalue weighted by Gasteiger charge is 2.35. The molecule has 5 N–H and O–H groups in total. The van der Waals surface area contributed by atoms with E-state index in [1.165, 1.54) is 0 Å². The van der Waals surface area contributed by atoms with E-state index < -0.39 is 24.5 Å². The van der Waals surface area contributed by atoms with Gasteiger partial charge in [0, 0.05) is 0 Å². The summed E-state index contributed by atoms with van der Waals surface area (Å²) in [6.45, 7) is -0.0284. The van der Waals surface area contributed by atoms with Crippen LogP contribution in [0, 0.1) is 0 Å². The summed E-state index contributed by atoms with van der Waals surface area (Å²) >= 11 is 0. The van der Waals surface area contributed by atoms with Gasteiger partial charge in [0.2, 0.25) is 0 Å². The second-order valence-electron chi connectivity index (χ2n) is 2.35. The van der Waals surface area contributed by atoms with E-state index in [1.54, 1.807) is 0 Å². The molecule has 0 aliphatic carbocycles. The maximum atomic E-state index is 8.96. The first-order chi connectivity index (χ1) is 4.63. The molecule has 1 saturated heterocycles. The number of aliphatic hydroxyl groups is 3. The molecule has 1 aliphatic heterocycles. The van der Waals surface area contributed by atoms with Crippen LogP contribution in [0.15, 0.2) is 0 Å². The van der Waals surface area contributed by atoms with Gasteiger partial charge < -0.3 is 25.8 Å². The quantitative estimate of drug-likeness (QED) is 0.302. The molecule has 1 aliphatic rings. The molecule has 1 heterocycles. The molecule has 0 radical (unpaired) electrons. The zero-order valence-corrected chi connectivity index (χ0v) is 5.34. The van der Waals surface area contributed by atoms with Crippen LogP contribution in [0.2, 0.25) is 0 Å². The van der Waals surface area contributed by atoms with E-state index in [2.05, 4.69) is 0 Å².